The summed E-state index contributed by atoms with van der Waals surface area (Å²) in [5.74, 6) is 0. The lowest BCUT2D eigenvalue weighted by atomic mass is 10.1. The van der Waals surface area contributed by atoms with Crippen LogP contribution in [-0.2, 0) is 6.61 Å². The highest BCUT2D eigenvalue weighted by Gasteiger charge is 1.97. The van der Waals surface area contributed by atoms with Gasteiger partial charge in [-0.25, -0.2) is 0 Å². The molecule has 0 saturated carbocycles. The highest BCUT2D eigenvalue weighted by molar-refractivity contribution is 5.60. The van der Waals surface area contributed by atoms with E-state index in [4.69, 9.17) is 5.11 Å². The van der Waals surface area contributed by atoms with Gasteiger partial charge in [0, 0.05) is 6.20 Å². The smallest absolute Gasteiger partial charge is 0.0697 e. The Morgan fingerprint density at radius 2 is 2.17 bits per heavy atom. The average molecular weight is 161 g/mol. The molecule has 1 aromatic rings. The molecule has 0 spiro atoms. The molecule has 0 atom stereocenters. The molecule has 0 aliphatic heterocycles. The van der Waals surface area contributed by atoms with Crippen LogP contribution < -0.4 is 0 Å². The Hall–Kier alpha value is -1.41. The van der Waals surface area contributed by atoms with Gasteiger partial charge >= 0.3 is 0 Å². The predicted octanol–water partition coefficient (Wildman–Crippen LogP) is 1.86. The van der Waals surface area contributed by atoms with Crippen molar-refractivity contribution in [2.24, 2.45) is 0 Å². The Balaban J connectivity index is 3.18. The Kier molecular flexibility index (Phi) is 2.77. The van der Waals surface area contributed by atoms with Gasteiger partial charge in [-0.05, 0) is 23.3 Å². The van der Waals surface area contributed by atoms with Crippen LogP contribution >= 0.6 is 0 Å². The van der Waals surface area contributed by atoms with Crippen molar-refractivity contribution in [3.63, 3.8) is 0 Å². The van der Waals surface area contributed by atoms with Crippen LogP contribution in [0.2, 0.25) is 0 Å². The molecule has 2 nitrogen and oxygen atoms in total. The maximum absolute atomic E-state index is 8.82. The van der Waals surface area contributed by atoms with Crippen molar-refractivity contribution in [2.75, 3.05) is 0 Å². The SMILES string of the molecule is C=Cc1cc(CO)cnc1C=C. The van der Waals surface area contributed by atoms with Crippen LogP contribution in [0.1, 0.15) is 16.8 Å². The van der Waals surface area contributed by atoms with Crippen LogP contribution in [0, 0.1) is 0 Å². The minimum Gasteiger partial charge on any atom is -0.392 e. The van der Waals surface area contributed by atoms with Gasteiger partial charge in [0.1, 0.15) is 0 Å². The van der Waals surface area contributed by atoms with E-state index < -0.39 is 0 Å². The van der Waals surface area contributed by atoms with E-state index in [9.17, 15) is 0 Å². The largest absolute Gasteiger partial charge is 0.392 e. The molecule has 62 valence electrons. The predicted molar refractivity (Wildman–Crippen MR) is 50.3 cm³/mol. The standard InChI is InChI=1S/C10H11NO/c1-3-9-5-8(7-12)6-11-10(9)4-2/h3-6,12H,1-2,7H2. The molecule has 0 radical (unpaired) electrons. The molecule has 0 aliphatic carbocycles. The Bertz CT molecular complexity index is 305. The van der Waals surface area contributed by atoms with Crippen molar-refractivity contribution in [3.8, 4) is 0 Å². The van der Waals surface area contributed by atoms with Crippen LogP contribution in [0.3, 0.4) is 0 Å². The minimum atomic E-state index is 0.00522. The Labute approximate surface area is 71.9 Å². The van der Waals surface area contributed by atoms with Gasteiger partial charge in [0.2, 0.25) is 0 Å². The van der Waals surface area contributed by atoms with E-state index in [1.165, 1.54) is 0 Å². The molecule has 12 heavy (non-hydrogen) atoms. The van der Waals surface area contributed by atoms with E-state index in [0.717, 1.165) is 16.8 Å². The molecule has 0 aromatic carbocycles. The summed E-state index contributed by atoms with van der Waals surface area (Å²) in [6.45, 7) is 7.27. The summed E-state index contributed by atoms with van der Waals surface area (Å²) < 4.78 is 0. The molecule has 0 amide bonds. The van der Waals surface area contributed by atoms with Gasteiger partial charge in [0.25, 0.3) is 0 Å². The summed E-state index contributed by atoms with van der Waals surface area (Å²) in [4.78, 5) is 4.09. The monoisotopic (exact) mass is 161 g/mol. The second kappa shape index (κ2) is 3.83. The molecule has 2 heteroatoms. The Morgan fingerprint density at radius 1 is 1.42 bits per heavy atom. The highest BCUT2D eigenvalue weighted by Crippen LogP contribution is 2.11. The number of aromatic nitrogens is 1. The first-order valence-corrected chi connectivity index (χ1v) is 3.66. The van der Waals surface area contributed by atoms with Crippen molar-refractivity contribution < 1.29 is 5.11 Å². The van der Waals surface area contributed by atoms with E-state index in [2.05, 4.69) is 18.1 Å². The van der Waals surface area contributed by atoms with E-state index in [1.54, 1.807) is 18.3 Å². The van der Waals surface area contributed by atoms with Crippen LogP contribution in [0.4, 0.5) is 0 Å². The molecule has 0 fully saturated rings. The van der Waals surface area contributed by atoms with Crippen LogP contribution in [0.25, 0.3) is 12.2 Å². The number of hydrogen-bond donors (Lipinski definition) is 1. The van der Waals surface area contributed by atoms with Crippen LogP contribution in [0.15, 0.2) is 25.4 Å². The fourth-order valence-corrected chi connectivity index (χ4v) is 0.958. The number of nitrogens with zero attached hydrogens (tertiary/aromatic N) is 1. The Morgan fingerprint density at radius 3 is 2.67 bits per heavy atom. The van der Waals surface area contributed by atoms with Crippen molar-refractivity contribution in [1.82, 2.24) is 4.98 Å². The minimum absolute atomic E-state index is 0.00522. The molecule has 1 N–H and O–H groups in total. The molecule has 0 aliphatic rings. The third-order valence-electron chi connectivity index (χ3n) is 1.60. The number of aliphatic hydroxyl groups is 1. The lowest BCUT2D eigenvalue weighted by Crippen LogP contribution is -1.91. The van der Waals surface area contributed by atoms with Gasteiger partial charge in [-0.2, -0.15) is 0 Å². The molecule has 0 saturated heterocycles. The van der Waals surface area contributed by atoms with Gasteiger partial charge in [-0.3, -0.25) is 4.98 Å². The average Bonchev–Trinajstić information content (AvgIpc) is 2.16. The van der Waals surface area contributed by atoms with Gasteiger partial charge in [-0.15, -0.1) is 0 Å². The summed E-state index contributed by atoms with van der Waals surface area (Å²) in [5, 5.41) is 8.82. The van der Waals surface area contributed by atoms with Gasteiger partial charge in [-0.1, -0.05) is 19.2 Å². The molecule has 1 heterocycles. The van der Waals surface area contributed by atoms with Crippen molar-refractivity contribution >= 4 is 12.2 Å². The second-order valence-electron chi connectivity index (χ2n) is 2.38. The number of hydrogen-bond acceptors (Lipinski definition) is 2. The highest BCUT2D eigenvalue weighted by atomic mass is 16.3. The van der Waals surface area contributed by atoms with Gasteiger partial charge < -0.3 is 5.11 Å². The number of pyridine rings is 1. The van der Waals surface area contributed by atoms with Crippen molar-refractivity contribution in [2.45, 2.75) is 6.61 Å². The van der Waals surface area contributed by atoms with E-state index in [0.29, 0.717) is 0 Å². The first kappa shape index (κ1) is 8.68. The zero-order valence-electron chi connectivity index (χ0n) is 6.83. The number of rotatable bonds is 3. The van der Waals surface area contributed by atoms with E-state index >= 15 is 0 Å². The first-order valence-electron chi connectivity index (χ1n) is 3.66. The second-order valence-corrected chi connectivity index (χ2v) is 2.38. The fourth-order valence-electron chi connectivity index (χ4n) is 0.958. The zero-order valence-corrected chi connectivity index (χ0v) is 6.83. The van der Waals surface area contributed by atoms with E-state index in [-0.39, 0.29) is 6.61 Å². The fraction of sp³-hybridized carbons (Fsp3) is 0.100. The van der Waals surface area contributed by atoms with Crippen molar-refractivity contribution in [3.05, 3.63) is 42.2 Å². The normalized spacial score (nSPS) is 9.42. The molecule has 1 aromatic heterocycles. The van der Waals surface area contributed by atoms with Crippen molar-refractivity contribution in [1.29, 1.82) is 0 Å². The summed E-state index contributed by atoms with van der Waals surface area (Å²) in [6.07, 6.45) is 4.99. The lowest BCUT2D eigenvalue weighted by molar-refractivity contribution is 0.281. The summed E-state index contributed by atoms with van der Waals surface area (Å²) in [5.41, 5.74) is 2.48. The summed E-state index contributed by atoms with van der Waals surface area (Å²) in [6, 6.07) is 1.84. The maximum atomic E-state index is 8.82. The number of aliphatic hydroxyl groups excluding tert-OH is 1. The molecular weight excluding hydrogens is 150 g/mol. The lowest BCUT2D eigenvalue weighted by Gasteiger charge is -2.01. The van der Waals surface area contributed by atoms with Crippen LogP contribution in [0.5, 0.6) is 0 Å². The molecule has 1 rings (SSSR count). The maximum Gasteiger partial charge on any atom is 0.0697 e. The third-order valence-corrected chi connectivity index (χ3v) is 1.60. The topological polar surface area (TPSA) is 33.1 Å². The summed E-state index contributed by atoms with van der Waals surface area (Å²) in [7, 11) is 0. The molecule has 0 unspecified atom stereocenters. The third kappa shape index (κ3) is 1.60. The van der Waals surface area contributed by atoms with Gasteiger partial charge in [0.05, 0.1) is 12.3 Å². The molecular formula is C10H11NO. The summed E-state index contributed by atoms with van der Waals surface area (Å²) >= 11 is 0. The van der Waals surface area contributed by atoms with E-state index in [1.807, 2.05) is 6.07 Å². The zero-order chi connectivity index (χ0) is 8.97. The first-order chi connectivity index (χ1) is 5.81. The quantitative estimate of drug-likeness (QED) is 0.734. The van der Waals surface area contributed by atoms with Crippen LogP contribution in [-0.4, -0.2) is 10.1 Å². The van der Waals surface area contributed by atoms with Gasteiger partial charge in [0.15, 0.2) is 0 Å². The molecule has 0 bridgehead atoms.